The zero-order valence-electron chi connectivity index (χ0n) is 12.8. The maximum atomic E-state index is 11.6. The maximum absolute atomic E-state index is 11.6. The van der Waals surface area contributed by atoms with Gasteiger partial charge in [0.15, 0.2) is 5.82 Å². The molecule has 24 heavy (non-hydrogen) atoms. The SMILES string of the molecule is Cc1ncc(-c2nc(-c3cc(S(=O)(=O)Cl)ccc3C)cnc2N)s1. The van der Waals surface area contributed by atoms with Crippen LogP contribution in [0.25, 0.3) is 21.8 Å². The minimum atomic E-state index is -3.83. The van der Waals surface area contributed by atoms with Crippen LogP contribution in [-0.4, -0.2) is 23.4 Å². The lowest BCUT2D eigenvalue weighted by Gasteiger charge is -2.09. The zero-order valence-corrected chi connectivity index (χ0v) is 15.2. The summed E-state index contributed by atoms with van der Waals surface area (Å²) < 4.78 is 23.2. The van der Waals surface area contributed by atoms with Crippen molar-refractivity contribution in [2.24, 2.45) is 0 Å². The summed E-state index contributed by atoms with van der Waals surface area (Å²) >= 11 is 1.46. The average Bonchev–Trinajstić information content (AvgIpc) is 2.93. The maximum Gasteiger partial charge on any atom is 0.261 e. The van der Waals surface area contributed by atoms with Crippen molar-refractivity contribution in [2.45, 2.75) is 18.7 Å². The summed E-state index contributed by atoms with van der Waals surface area (Å²) in [6.07, 6.45) is 3.20. The Bertz CT molecular complexity index is 1030. The Morgan fingerprint density at radius 3 is 2.54 bits per heavy atom. The Morgan fingerprint density at radius 2 is 1.92 bits per heavy atom. The number of hydrogen-bond donors (Lipinski definition) is 1. The first kappa shape index (κ1) is 16.8. The molecule has 2 heterocycles. The molecule has 0 amide bonds. The largest absolute Gasteiger partial charge is 0.382 e. The van der Waals surface area contributed by atoms with Crippen LogP contribution in [0.4, 0.5) is 5.82 Å². The number of nitrogens with zero attached hydrogens (tertiary/aromatic N) is 3. The monoisotopic (exact) mass is 380 g/mol. The Balaban J connectivity index is 2.17. The predicted octanol–water partition coefficient (Wildman–Crippen LogP) is 3.39. The van der Waals surface area contributed by atoms with E-state index in [2.05, 4.69) is 15.0 Å². The molecule has 0 aliphatic rings. The highest BCUT2D eigenvalue weighted by molar-refractivity contribution is 8.13. The molecule has 1 aromatic carbocycles. The molecular weight excluding hydrogens is 368 g/mol. The lowest BCUT2D eigenvalue weighted by molar-refractivity contribution is 0.609. The molecule has 0 saturated heterocycles. The summed E-state index contributed by atoms with van der Waals surface area (Å²) in [7, 11) is 1.61. The summed E-state index contributed by atoms with van der Waals surface area (Å²) in [4.78, 5) is 13.8. The van der Waals surface area contributed by atoms with E-state index in [1.807, 2.05) is 13.8 Å². The van der Waals surface area contributed by atoms with E-state index in [0.29, 0.717) is 22.8 Å². The number of anilines is 1. The van der Waals surface area contributed by atoms with E-state index in [1.54, 1.807) is 12.3 Å². The highest BCUT2D eigenvalue weighted by Gasteiger charge is 2.16. The molecule has 0 unspecified atom stereocenters. The van der Waals surface area contributed by atoms with Gasteiger partial charge in [0.2, 0.25) is 0 Å². The van der Waals surface area contributed by atoms with Gasteiger partial charge in [-0.2, -0.15) is 0 Å². The summed E-state index contributed by atoms with van der Waals surface area (Å²) in [5.74, 6) is 0.293. The molecule has 124 valence electrons. The Hall–Kier alpha value is -2.03. The third kappa shape index (κ3) is 3.26. The number of nitrogen functional groups attached to an aromatic ring is 1. The van der Waals surface area contributed by atoms with Crippen LogP contribution in [0.3, 0.4) is 0 Å². The number of rotatable bonds is 3. The Kier molecular flexibility index (Phi) is 4.29. The lowest BCUT2D eigenvalue weighted by Crippen LogP contribution is -2.00. The second-order valence-electron chi connectivity index (χ2n) is 5.15. The first-order chi connectivity index (χ1) is 11.3. The lowest BCUT2D eigenvalue weighted by atomic mass is 10.1. The molecule has 0 aliphatic carbocycles. The van der Waals surface area contributed by atoms with E-state index in [9.17, 15) is 8.42 Å². The molecule has 0 atom stereocenters. The van der Waals surface area contributed by atoms with Crippen LogP contribution in [0.15, 0.2) is 35.5 Å². The van der Waals surface area contributed by atoms with Crippen LogP contribution in [0.2, 0.25) is 0 Å². The van der Waals surface area contributed by atoms with Crippen molar-refractivity contribution in [2.75, 3.05) is 5.73 Å². The molecule has 9 heteroatoms. The first-order valence-electron chi connectivity index (χ1n) is 6.86. The summed E-state index contributed by atoms with van der Waals surface area (Å²) in [5, 5.41) is 0.892. The number of halogens is 1. The van der Waals surface area contributed by atoms with Gasteiger partial charge < -0.3 is 5.73 Å². The number of hydrogen-bond acceptors (Lipinski definition) is 7. The predicted molar refractivity (Wildman–Crippen MR) is 95.5 cm³/mol. The Labute approximate surface area is 147 Å². The van der Waals surface area contributed by atoms with Gasteiger partial charge in [-0.1, -0.05) is 6.07 Å². The molecular formula is C15H13ClN4O2S2. The summed E-state index contributed by atoms with van der Waals surface area (Å²) in [5.41, 5.74) is 8.46. The molecule has 2 N–H and O–H groups in total. The number of aromatic nitrogens is 3. The molecule has 2 aromatic heterocycles. The molecule has 3 aromatic rings. The van der Waals surface area contributed by atoms with E-state index in [1.165, 1.54) is 29.7 Å². The van der Waals surface area contributed by atoms with Gasteiger partial charge >= 0.3 is 0 Å². The van der Waals surface area contributed by atoms with E-state index >= 15 is 0 Å². The standard InChI is InChI=1S/C15H13ClN4O2S2/c1-8-3-4-10(24(16,21)22)5-11(8)12-6-19-15(17)14(20-12)13-7-18-9(2)23-13/h3-7H,1-2H3,(H2,17,19). The van der Waals surface area contributed by atoms with E-state index < -0.39 is 9.05 Å². The van der Waals surface area contributed by atoms with Crippen molar-refractivity contribution in [3.63, 3.8) is 0 Å². The molecule has 3 rings (SSSR count). The van der Waals surface area contributed by atoms with Crippen molar-refractivity contribution in [3.8, 4) is 21.8 Å². The van der Waals surface area contributed by atoms with Gasteiger partial charge in [-0.05, 0) is 31.5 Å². The molecule has 0 radical (unpaired) electrons. The van der Waals surface area contributed by atoms with Crippen LogP contribution >= 0.6 is 22.0 Å². The van der Waals surface area contributed by atoms with Gasteiger partial charge in [-0.25, -0.2) is 23.4 Å². The minimum Gasteiger partial charge on any atom is -0.382 e. The molecule has 0 saturated carbocycles. The fourth-order valence-corrected chi connectivity index (χ4v) is 3.76. The van der Waals surface area contributed by atoms with E-state index in [4.69, 9.17) is 16.4 Å². The van der Waals surface area contributed by atoms with Crippen molar-refractivity contribution < 1.29 is 8.42 Å². The normalized spacial score (nSPS) is 11.6. The summed E-state index contributed by atoms with van der Waals surface area (Å²) in [6.45, 7) is 3.75. The van der Waals surface area contributed by atoms with E-state index in [0.717, 1.165) is 15.4 Å². The third-order valence-electron chi connectivity index (χ3n) is 3.42. The second-order valence-corrected chi connectivity index (χ2v) is 8.95. The van der Waals surface area contributed by atoms with Crippen molar-refractivity contribution in [3.05, 3.63) is 41.2 Å². The van der Waals surface area contributed by atoms with Crippen molar-refractivity contribution in [1.29, 1.82) is 0 Å². The topological polar surface area (TPSA) is 98.8 Å². The van der Waals surface area contributed by atoms with Crippen LogP contribution in [0.5, 0.6) is 0 Å². The number of benzene rings is 1. The minimum absolute atomic E-state index is 0.0126. The fraction of sp³-hybridized carbons (Fsp3) is 0.133. The highest BCUT2D eigenvalue weighted by Crippen LogP contribution is 2.32. The number of aryl methyl sites for hydroxylation is 2. The number of nitrogens with two attached hydrogens (primary N) is 1. The third-order valence-corrected chi connectivity index (χ3v) is 5.69. The fourth-order valence-electron chi connectivity index (χ4n) is 2.21. The Morgan fingerprint density at radius 1 is 1.17 bits per heavy atom. The molecule has 0 bridgehead atoms. The smallest absolute Gasteiger partial charge is 0.261 e. The van der Waals surface area contributed by atoms with Crippen molar-refractivity contribution >= 4 is 36.9 Å². The van der Waals surface area contributed by atoms with Crippen LogP contribution in [-0.2, 0) is 9.05 Å². The average molecular weight is 381 g/mol. The molecule has 0 spiro atoms. The van der Waals surface area contributed by atoms with Gasteiger partial charge in [0, 0.05) is 22.4 Å². The van der Waals surface area contributed by atoms with Gasteiger partial charge in [-0.3, -0.25) is 0 Å². The van der Waals surface area contributed by atoms with Crippen molar-refractivity contribution in [1.82, 2.24) is 15.0 Å². The van der Waals surface area contributed by atoms with Crippen LogP contribution in [0, 0.1) is 13.8 Å². The van der Waals surface area contributed by atoms with Gasteiger partial charge in [0.05, 0.1) is 26.7 Å². The zero-order chi connectivity index (χ0) is 17.5. The van der Waals surface area contributed by atoms with Crippen LogP contribution < -0.4 is 5.73 Å². The number of thiazole rings is 1. The second kappa shape index (κ2) is 6.12. The van der Waals surface area contributed by atoms with Crippen LogP contribution in [0.1, 0.15) is 10.6 Å². The summed E-state index contributed by atoms with van der Waals surface area (Å²) in [6, 6.07) is 4.62. The van der Waals surface area contributed by atoms with Gasteiger partial charge in [-0.15, -0.1) is 11.3 Å². The molecule has 0 aliphatic heterocycles. The van der Waals surface area contributed by atoms with Gasteiger partial charge in [0.25, 0.3) is 9.05 Å². The quantitative estimate of drug-likeness (QED) is 0.699. The highest BCUT2D eigenvalue weighted by atomic mass is 35.7. The first-order valence-corrected chi connectivity index (χ1v) is 9.99. The van der Waals surface area contributed by atoms with E-state index in [-0.39, 0.29) is 4.90 Å². The molecule has 0 fully saturated rings. The van der Waals surface area contributed by atoms with Gasteiger partial charge in [0.1, 0.15) is 5.69 Å². The molecule has 6 nitrogen and oxygen atoms in total.